The topological polar surface area (TPSA) is 32.3 Å². The number of aliphatic hydroxyl groups is 1. The molecule has 18 heavy (non-hydrogen) atoms. The zero-order valence-electron chi connectivity index (χ0n) is 12.6. The molecule has 0 aromatic rings. The number of nitrogens with one attached hydrogen (secondary N) is 1. The SMILES string of the molecule is CC(=C=CC(C)(C)CNCCO)CCC=C(C)C. The number of allylic oxidation sites excluding steroid dienone is 2. The van der Waals surface area contributed by atoms with Crippen LogP contribution in [0.25, 0.3) is 0 Å². The highest BCUT2D eigenvalue weighted by Crippen LogP contribution is 2.15. The van der Waals surface area contributed by atoms with Crippen LogP contribution in [0.15, 0.2) is 29.0 Å². The van der Waals surface area contributed by atoms with Crippen LogP contribution in [-0.2, 0) is 0 Å². The van der Waals surface area contributed by atoms with Gasteiger partial charge in [0, 0.05) is 18.5 Å². The van der Waals surface area contributed by atoms with E-state index in [1.54, 1.807) is 0 Å². The summed E-state index contributed by atoms with van der Waals surface area (Å²) < 4.78 is 0. The summed E-state index contributed by atoms with van der Waals surface area (Å²) in [6.45, 7) is 12.4. The highest BCUT2D eigenvalue weighted by Gasteiger charge is 2.12. The molecule has 0 aromatic carbocycles. The van der Waals surface area contributed by atoms with Crippen LogP contribution < -0.4 is 5.32 Å². The first-order valence-corrected chi connectivity index (χ1v) is 6.75. The predicted molar refractivity (Wildman–Crippen MR) is 79.7 cm³/mol. The molecule has 2 N–H and O–H groups in total. The lowest BCUT2D eigenvalue weighted by molar-refractivity contribution is 0.284. The third-order valence-corrected chi connectivity index (χ3v) is 2.65. The van der Waals surface area contributed by atoms with E-state index in [0.29, 0.717) is 6.54 Å². The molecule has 0 aliphatic rings. The van der Waals surface area contributed by atoms with Crippen molar-refractivity contribution >= 4 is 0 Å². The van der Waals surface area contributed by atoms with Crippen molar-refractivity contribution in [2.75, 3.05) is 19.7 Å². The zero-order chi connectivity index (χ0) is 14.0. The van der Waals surface area contributed by atoms with E-state index in [1.807, 2.05) is 0 Å². The van der Waals surface area contributed by atoms with E-state index < -0.39 is 0 Å². The van der Waals surface area contributed by atoms with Gasteiger partial charge in [-0.15, -0.1) is 5.73 Å². The lowest BCUT2D eigenvalue weighted by atomic mass is 9.93. The maximum Gasteiger partial charge on any atom is 0.0555 e. The number of hydrogen-bond acceptors (Lipinski definition) is 2. The van der Waals surface area contributed by atoms with Crippen molar-refractivity contribution in [3.05, 3.63) is 29.0 Å². The number of rotatable bonds is 8. The smallest absolute Gasteiger partial charge is 0.0555 e. The molecule has 0 radical (unpaired) electrons. The van der Waals surface area contributed by atoms with Crippen LogP contribution >= 0.6 is 0 Å². The van der Waals surface area contributed by atoms with Crippen LogP contribution in [-0.4, -0.2) is 24.8 Å². The van der Waals surface area contributed by atoms with Crippen LogP contribution in [0.1, 0.15) is 47.5 Å². The van der Waals surface area contributed by atoms with Gasteiger partial charge in [-0.2, -0.15) is 0 Å². The molecule has 2 heteroatoms. The second-order valence-corrected chi connectivity index (χ2v) is 5.78. The highest BCUT2D eigenvalue weighted by molar-refractivity contribution is 5.05. The average Bonchev–Trinajstić information content (AvgIpc) is 2.26. The number of aliphatic hydroxyl groups excluding tert-OH is 1. The molecule has 0 heterocycles. The Labute approximate surface area is 112 Å². The lowest BCUT2D eigenvalue weighted by Crippen LogP contribution is -2.29. The Bertz CT molecular complexity index is 316. The molecule has 0 fully saturated rings. The molecule has 104 valence electrons. The van der Waals surface area contributed by atoms with Crippen molar-refractivity contribution in [3.8, 4) is 0 Å². The summed E-state index contributed by atoms with van der Waals surface area (Å²) in [5.41, 5.74) is 6.13. The van der Waals surface area contributed by atoms with Crippen molar-refractivity contribution in [1.29, 1.82) is 0 Å². The normalized spacial score (nSPS) is 10.8. The lowest BCUT2D eigenvalue weighted by Gasteiger charge is -2.19. The molecule has 0 bridgehead atoms. The summed E-state index contributed by atoms with van der Waals surface area (Å²) in [6, 6.07) is 0. The maximum atomic E-state index is 8.73. The number of hydrogen-bond donors (Lipinski definition) is 2. The molecule has 0 rings (SSSR count). The fraction of sp³-hybridized carbons (Fsp3) is 0.688. The molecule has 2 nitrogen and oxygen atoms in total. The minimum absolute atomic E-state index is 0.0763. The molecule has 0 aromatic heterocycles. The second kappa shape index (κ2) is 9.16. The first-order valence-electron chi connectivity index (χ1n) is 6.75. The van der Waals surface area contributed by atoms with Crippen LogP contribution in [0.4, 0.5) is 0 Å². The monoisotopic (exact) mass is 251 g/mol. The second-order valence-electron chi connectivity index (χ2n) is 5.78. The fourth-order valence-corrected chi connectivity index (χ4v) is 1.51. The molecular formula is C16H29NO. The van der Waals surface area contributed by atoms with Gasteiger partial charge < -0.3 is 10.4 Å². The predicted octanol–water partition coefficient (Wildman–Crippen LogP) is 3.44. The maximum absolute atomic E-state index is 8.73. The van der Waals surface area contributed by atoms with E-state index in [1.165, 1.54) is 11.1 Å². The van der Waals surface area contributed by atoms with Gasteiger partial charge in [0.05, 0.1) is 6.61 Å². The minimum atomic E-state index is 0.0763. The Morgan fingerprint density at radius 2 is 1.94 bits per heavy atom. The van der Waals surface area contributed by atoms with E-state index in [2.05, 4.69) is 57.8 Å². The van der Waals surface area contributed by atoms with Gasteiger partial charge in [-0.25, -0.2) is 0 Å². The van der Waals surface area contributed by atoms with Gasteiger partial charge in [0.1, 0.15) is 0 Å². The van der Waals surface area contributed by atoms with Crippen LogP contribution in [0, 0.1) is 5.41 Å². The van der Waals surface area contributed by atoms with Crippen LogP contribution in [0.2, 0.25) is 0 Å². The molecule has 0 aliphatic carbocycles. The first-order chi connectivity index (χ1) is 8.37. The van der Waals surface area contributed by atoms with Gasteiger partial charge in [0.2, 0.25) is 0 Å². The molecule has 0 aliphatic heterocycles. The quantitative estimate of drug-likeness (QED) is 0.393. The largest absolute Gasteiger partial charge is 0.395 e. The van der Waals surface area contributed by atoms with Crippen molar-refractivity contribution in [2.24, 2.45) is 5.41 Å². The first kappa shape index (κ1) is 17.2. The Morgan fingerprint density at radius 3 is 2.50 bits per heavy atom. The van der Waals surface area contributed by atoms with Crippen molar-refractivity contribution in [3.63, 3.8) is 0 Å². The van der Waals surface area contributed by atoms with E-state index >= 15 is 0 Å². The molecule has 0 atom stereocenters. The van der Waals surface area contributed by atoms with Crippen LogP contribution in [0.3, 0.4) is 0 Å². The van der Waals surface area contributed by atoms with E-state index in [4.69, 9.17) is 5.11 Å². The van der Waals surface area contributed by atoms with Gasteiger partial charge in [-0.05, 0) is 45.3 Å². The van der Waals surface area contributed by atoms with Gasteiger partial charge in [-0.3, -0.25) is 0 Å². The van der Waals surface area contributed by atoms with E-state index in [9.17, 15) is 0 Å². The zero-order valence-corrected chi connectivity index (χ0v) is 12.6. The Hall–Kier alpha value is -0.820. The molecule has 0 spiro atoms. The fourth-order valence-electron chi connectivity index (χ4n) is 1.51. The van der Waals surface area contributed by atoms with Crippen molar-refractivity contribution < 1.29 is 5.11 Å². The molecular weight excluding hydrogens is 222 g/mol. The molecule has 0 unspecified atom stereocenters. The summed E-state index contributed by atoms with van der Waals surface area (Å²) >= 11 is 0. The summed E-state index contributed by atoms with van der Waals surface area (Å²) in [6.07, 6.45) is 6.56. The third kappa shape index (κ3) is 10.3. The molecule has 0 amide bonds. The Kier molecular flexibility index (Phi) is 8.74. The summed E-state index contributed by atoms with van der Waals surface area (Å²) in [5, 5.41) is 11.9. The summed E-state index contributed by atoms with van der Waals surface area (Å²) in [4.78, 5) is 0. The standard InChI is InChI=1S/C16H29NO/c1-14(2)7-6-8-15(3)9-10-16(4,5)13-17-11-12-18/h7,10,17-18H,6,8,11-13H2,1-5H3. The average molecular weight is 251 g/mol. The summed E-state index contributed by atoms with van der Waals surface area (Å²) in [7, 11) is 0. The molecule has 0 saturated heterocycles. The van der Waals surface area contributed by atoms with Gasteiger partial charge in [-0.1, -0.05) is 25.5 Å². The van der Waals surface area contributed by atoms with Gasteiger partial charge in [0.15, 0.2) is 0 Å². The van der Waals surface area contributed by atoms with Crippen molar-refractivity contribution in [2.45, 2.75) is 47.5 Å². The van der Waals surface area contributed by atoms with Crippen molar-refractivity contribution in [1.82, 2.24) is 5.32 Å². The Morgan fingerprint density at radius 1 is 1.28 bits per heavy atom. The van der Waals surface area contributed by atoms with E-state index in [-0.39, 0.29) is 12.0 Å². The Balaban J connectivity index is 4.25. The highest BCUT2D eigenvalue weighted by atomic mass is 16.3. The summed E-state index contributed by atoms with van der Waals surface area (Å²) in [5.74, 6) is 0. The molecule has 0 saturated carbocycles. The van der Waals surface area contributed by atoms with E-state index in [0.717, 1.165) is 19.4 Å². The van der Waals surface area contributed by atoms with Crippen LogP contribution in [0.5, 0.6) is 0 Å². The minimum Gasteiger partial charge on any atom is -0.395 e. The van der Waals surface area contributed by atoms with Gasteiger partial charge in [0.25, 0.3) is 0 Å². The third-order valence-electron chi connectivity index (χ3n) is 2.65. The van der Waals surface area contributed by atoms with Gasteiger partial charge >= 0.3 is 0 Å².